The Morgan fingerprint density at radius 1 is 0.326 bits per heavy atom. The first-order valence-electron chi connectivity index (χ1n) is 27.0. The lowest BCUT2D eigenvalue weighted by atomic mass is 9.94. The summed E-state index contributed by atoms with van der Waals surface area (Å²) in [6.07, 6.45) is -4.96. The van der Waals surface area contributed by atoms with Crippen molar-refractivity contribution in [1.29, 1.82) is 36.8 Å². The van der Waals surface area contributed by atoms with Crippen LogP contribution in [0.4, 0.5) is 47.3 Å². The Morgan fingerprint density at radius 2 is 0.685 bits per heavy atom. The number of aromatic nitrogens is 2. The molecule has 18 heteroatoms. The summed E-state index contributed by atoms with van der Waals surface area (Å²) >= 11 is 0. The lowest BCUT2D eigenvalue weighted by Crippen LogP contribution is -2.08. The molecule has 0 bridgehead atoms. The summed E-state index contributed by atoms with van der Waals surface area (Å²) in [6.45, 7) is 47.8. The van der Waals surface area contributed by atoms with Crippen LogP contribution in [0.3, 0.4) is 0 Å². The minimum atomic E-state index is -4.96. The van der Waals surface area contributed by atoms with E-state index in [9.17, 15) is 36.8 Å². The van der Waals surface area contributed by atoms with Gasteiger partial charge < -0.3 is 9.13 Å². The van der Waals surface area contributed by atoms with E-state index in [1.807, 2.05) is 12.1 Å². The highest BCUT2D eigenvalue weighted by molar-refractivity contribution is 6.15. The number of hydrogen-bond acceptors (Lipinski definition) is 7. The molecule has 0 fully saturated rings. The summed E-state index contributed by atoms with van der Waals surface area (Å²) in [5.74, 6) is 0. The Balaban J connectivity index is 1.20. The molecule has 2 aromatic heterocycles. The lowest BCUT2D eigenvalue weighted by molar-refractivity contribution is -0.137. The van der Waals surface area contributed by atoms with Crippen molar-refractivity contribution in [2.75, 3.05) is 0 Å². The fourth-order valence-electron chi connectivity index (χ4n) is 12.1. The molecule has 92 heavy (non-hydrogen) atoms. The Labute approximate surface area is 520 Å². The molecule has 0 aliphatic rings. The molecular formula is C74H26F3N15. The van der Waals surface area contributed by atoms with Crippen LogP contribution in [0.2, 0.25) is 0 Å². The van der Waals surface area contributed by atoms with Crippen molar-refractivity contribution < 1.29 is 13.2 Å². The van der Waals surface area contributed by atoms with Gasteiger partial charge in [-0.1, -0.05) is 42.5 Å². The second-order valence-corrected chi connectivity index (χ2v) is 20.6. The number of alkyl halides is 3. The molecule has 0 amide bonds. The first-order valence-corrected chi connectivity index (χ1v) is 27.0. The van der Waals surface area contributed by atoms with Crippen LogP contribution in [0.1, 0.15) is 44.5 Å². The highest BCUT2D eigenvalue weighted by atomic mass is 19.4. The number of fused-ring (bicyclic) bond motifs is 6. The number of benzene rings is 10. The fourth-order valence-corrected chi connectivity index (χ4v) is 12.1. The van der Waals surface area contributed by atoms with Crippen LogP contribution >= 0.6 is 0 Å². The maximum absolute atomic E-state index is 15.5. The number of halogens is 3. The van der Waals surface area contributed by atoms with Gasteiger partial charge in [0.05, 0.1) is 138 Å². The van der Waals surface area contributed by atoms with E-state index in [0.29, 0.717) is 65.9 Å². The van der Waals surface area contributed by atoms with E-state index >= 15 is 13.2 Å². The lowest BCUT2D eigenvalue weighted by Gasteiger charge is -2.21. The molecule has 0 N–H and O–H groups in total. The normalized spacial score (nSPS) is 10.6. The third kappa shape index (κ3) is 9.13. The average molecular weight is 1180 g/mol. The molecule has 0 aliphatic carbocycles. The van der Waals surface area contributed by atoms with Gasteiger partial charge in [0.1, 0.15) is 0 Å². The van der Waals surface area contributed by atoms with Gasteiger partial charge >= 0.3 is 6.18 Å². The molecule has 0 saturated carbocycles. The molecule has 15 nitrogen and oxygen atoms in total. The molecule has 0 aliphatic heterocycles. The molecule has 0 saturated heterocycles. The molecule has 10 aromatic carbocycles. The van der Waals surface area contributed by atoms with Crippen LogP contribution in [0, 0.1) is 119 Å². The molecule has 418 valence electrons. The van der Waals surface area contributed by atoms with Crippen LogP contribution < -0.4 is 0 Å². The molecule has 12 rings (SSSR count). The number of hydrogen-bond donors (Lipinski definition) is 0. The van der Waals surface area contributed by atoms with Crippen molar-refractivity contribution in [2.45, 2.75) is 6.18 Å². The van der Waals surface area contributed by atoms with E-state index < -0.39 is 11.7 Å². The topological polar surface area (TPSA) is 203 Å². The van der Waals surface area contributed by atoms with Crippen molar-refractivity contribution in [3.05, 3.63) is 271 Å². The van der Waals surface area contributed by atoms with Crippen LogP contribution in [-0.4, -0.2) is 9.13 Å². The first-order chi connectivity index (χ1) is 44.6. The van der Waals surface area contributed by atoms with E-state index in [2.05, 4.69) is 59.4 Å². The Kier molecular flexibility index (Phi) is 14.0. The Hall–Kier alpha value is -15.0. The highest BCUT2D eigenvalue weighted by Gasteiger charge is 2.34. The van der Waals surface area contributed by atoms with Gasteiger partial charge in [-0.05, 0) is 138 Å². The second kappa shape index (κ2) is 22.4. The fraction of sp³-hybridized carbons (Fsp3) is 0.0135. The smallest absolute Gasteiger partial charge is 0.309 e. The summed E-state index contributed by atoms with van der Waals surface area (Å²) in [6, 6.07) is 53.3. The van der Waals surface area contributed by atoms with Crippen molar-refractivity contribution in [1.82, 2.24) is 9.13 Å². The first kappa shape index (κ1) is 57.4. The zero-order valence-electron chi connectivity index (χ0n) is 46.9. The number of nitriles is 7. The third-order valence-electron chi connectivity index (χ3n) is 15.8. The predicted molar refractivity (Wildman–Crippen MR) is 338 cm³/mol. The van der Waals surface area contributed by atoms with E-state index in [1.54, 1.807) is 94.1 Å². The van der Waals surface area contributed by atoms with Gasteiger partial charge in [-0.25, -0.2) is 29.1 Å². The van der Waals surface area contributed by atoms with Crippen molar-refractivity contribution in [2.24, 2.45) is 0 Å². The van der Waals surface area contributed by atoms with Crippen molar-refractivity contribution in [3.63, 3.8) is 0 Å². The van der Waals surface area contributed by atoms with Crippen molar-refractivity contribution in [3.8, 4) is 109 Å². The molecule has 0 unspecified atom stereocenters. The zero-order chi connectivity index (χ0) is 64.9. The highest BCUT2D eigenvalue weighted by Crippen LogP contribution is 2.49. The SMILES string of the molecule is [C-]#[N+]c1cc(C#N)c(-c2ccc3c(c2)c2cc(-c4c(C#N)cc(C#N)cc4[N+]#[C-])ccc2n3-c2ccc(C(F)(F)F)cc2-c2c(C#N)cccc2-n2c3ccc(-c4c(C#N)cc(C#N)cc4[N+]#[C-])cc3c3cc(-c4c(C#N)cc([N+]#[C-])cc4[N+]#[C-])ccc32)c([N+]#[C-])c1. The van der Waals surface area contributed by atoms with Crippen LogP contribution in [0.15, 0.2) is 158 Å². The zero-order valence-corrected chi connectivity index (χ0v) is 46.9. The summed E-state index contributed by atoms with van der Waals surface area (Å²) < 4.78 is 50.1. The van der Waals surface area contributed by atoms with Gasteiger partial charge in [0.2, 0.25) is 0 Å². The standard InChI is InChI=1S/C74H26F3N15/c1-85-52-24-49(38-83)71(61(31-52)89-5)44-11-16-64-55(28-44)54-26-42(69-47(36-81)20-40(33-78)22-59(69)87-3)10-15-63(54)91(64)67-19-14-51(74(75,76)77)30-58(67)73-46(35-80)8-7-9-68(73)92-65-17-12-43(70-48(37-82)21-41(34-79)23-60(70)88-4)27-56(65)57-29-45(13-18-66(57)92)72-50(39-84)25-53(86-2)32-62(72)90-6/h7-32H. The van der Waals surface area contributed by atoms with Crippen LogP contribution in [0.5, 0.6) is 0 Å². The van der Waals surface area contributed by atoms with E-state index in [-0.39, 0.29) is 118 Å². The minimum Gasteiger partial charge on any atom is -0.309 e. The number of rotatable bonds is 7. The summed E-state index contributed by atoms with van der Waals surface area (Å²) in [4.78, 5) is 21.6. The van der Waals surface area contributed by atoms with Gasteiger partial charge in [-0.15, -0.1) is 0 Å². The Morgan fingerprint density at radius 3 is 1.02 bits per heavy atom. The van der Waals surface area contributed by atoms with Crippen molar-refractivity contribution >= 4 is 77.7 Å². The molecular weight excluding hydrogens is 1160 g/mol. The quantitative estimate of drug-likeness (QED) is 0.141. The number of nitrogens with zero attached hydrogens (tertiary/aromatic N) is 15. The summed E-state index contributed by atoms with van der Waals surface area (Å²) in [5, 5.41) is 74.5. The Bertz CT molecular complexity index is 5560. The molecule has 2 heterocycles. The molecule has 0 radical (unpaired) electrons. The molecule has 12 aromatic rings. The van der Waals surface area contributed by atoms with Crippen LogP contribution in [0.25, 0.3) is 140 Å². The molecule has 0 atom stereocenters. The summed E-state index contributed by atoms with van der Waals surface area (Å²) in [5.41, 5.74) is 3.03. The third-order valence-corrected chi connectivity index (χ3v) is 15.8. The van der Waals surface area contributed by atoms with Gasteiger partial charge in [0.15, 0.2) is 34.1 Å². The van der Waals surface area contributed by atoms with E-state index in [0.717, 1.165) is 12.1 Å². The van der Waals surface area contributed by atoms with E-state index in [4.69, 9.17) is 39.4 Å². The maximum atomic E-state index is 15.5. The van der Waals surface area contributed by atoms with Gasteiger partial charge in [-0.3, -0.25) is 0 Å². The summed E-state index contributed by atoms with van der Waals surface area (Å²) in [7, 11) is 0. The maximum Gasteiger partial charge on any atom is 0.416 e. The largest absolute Gasteiger partial charge is 0.416 e. The minimum absolute atomic E-state index is 0.0000368. The molecule has 0 spiro atoms. The average Bonchev–Trinajstić information content (AvgIpc) is 1.57. The monoisotopic (exact) mass is 1180 g/mol. The van der Waals surface area contributed by atoms with Crippen LogP contribution in [-0.2, 0) is 6.18 Å². The van der Waals surface area contributed by atoms with Gasteiger partial charge in [0, 0.05) is 77.2 Å². The van der Waals surface area contributed by atoms with Gasteiger partial charge in [-0.2, -0.15) is 50.0 Å². The van der Waals surface area contributed by atoms with Gasteiger partial charge in [0.25, 0.3) is 0 Å². The van der Waals surface area contributed by atoms with E-state index in [1.165, 1.54) is 60.7 Å². The predicted octanol–water partition coefficient (Wildman–Crippen LogP) is 19.6. The second-order valence-electron chi connectivity index (χ2n) is 20.6.